The van der Waals surface area contributed by atoms with Gasteiger partial charge in [-0.2, -0.15) is 0 Å². The number of nitrogens with zero attached hydrogens (tertiary/aromatic N) is 3. The van der Waals surface area contributed by atoms with Gasteiger partial charge in [-0.15, -0.1) is 0 Å². The molecule has 0 saturated carbocycles. The number of rotatable bonds is 8. The Balaban J connectivity index is 1.85. The highest BCUT2D eigenvalue weighted by Gasteiger charge is 2.49. The summed E-state index contributed by atoms with van der Waals surface area (Å²) in [4.78, 5) is 23.4. The summed E-state index contributed by atoms with van der Waals surface area (Å²) in [7, 11) is -0.0158. The first-order chi connectivity index (χ1) is 20.2. The SMILES string of the molecule is CN1C(=N[C@H](CO[Si](C)(C)C(C)(C)C)Cc2ccccc2)N(C(=O)OC(C)(C)C)[C@@H](c2ccccc2)[C@@H]1c1ccccc1. The van der Waals surface area contributed by atoms with Crippen LogP contribution >= 0.6 is 0 Å². The minimum Gasteiger partial charge on any atom is -0.443 e. The van der Waals surface area contributed by atoms with E-state index >= 15 is 0 Å². The van der Waals surface area contributed by atoms with E-state index in [4.69, 9.17) is 14.2 Å². The maximum Gasteiger partial charge on any atom is 0.417 e. The molecule has 7 heteroatoms. The van der Waals surface area contributed by atoms with Crippen LogP contribution in [0.3, 0.4) is 0 Å². The molecule has 0 aromatic heterocycles. The molecule has 6 nitrogen and oxygen atoms in total. The minimum atomic E-state index is -2.05. The Kier molecular flexibility index (Phi) is 9.87. The highest BCUT2D eigenvalue weighted by molar-refractivity contribution is 6.74. The predicted molar refractivity (Wildman–Crippen MR) is 179 cm³/mol. The van der Waals surface area contributed by atoms with Crippen molar-refractivity contribution in [2.45, 2.75) is 89.8 Å². The third-order valence-electron chi connectivity index (χ3n) is 8.45. The number of carbonyl (C=O) groups excluding carboxylic acids is 1. The second kappa shape index (κ2) is 13.1. The Morgan fingerprint density at radius 1 is 0.814 bits per heavy atom. The van der Waals surface area contributed by atoms with Gasteiger partial charge in [-0.25, -0.2) is 14.7 Å². The lowest BCUT2D eigenvalue weighted by Crippen LogP contribution is -2.44. The normalized spacial score (nSPS) is 19.5. The number of hydrogen-bond acceptors (Lipinski definition) is 4. The van der Waals surface area contributed by atoms with Crippen molar-refractivity contribution in [1.29, 1.82) is 0 Å². The number of likely N-dealkylation sites (N-methyl/N-ethyl adjacent to an activating group) is 1. The highest BCUT2D eigenvalue weighted by Crippen LogP contribution is 2.45. The molecule has 0 radical (unpaired) electrons. The molecule has 1 saturated heterocycles. The van der Waals surface area contributed by atoms with Crippen molar-refractivity contribution in [2.24, 2.45) is 4.99 Å². The van der Waals surface area contributed by atoms with E-state index in [1.807, 2.05) is 70.3 Å². The van der Waals surface area contributed by atoms with E-state index in [1.54, 1.807) is 4.90 Å². The summed E-state index contributed by atoms with van der Waals surface area (Å²) in [5, 5.41) is 0.0704. The van der Waals surface area contributed by atoms with Crippen LogP contribution < -0.4 is 0 Å². The van der Waals surface area contributed by atoms with Gasteiger partial charge in [-0.3, -0.25) is 0 Å². The molecule has 4 rings (SSSR count). The molecule has 0 aliphatic carbocycles. The standard InChI is InChI=1S/C36H49N3O3Si/c1-35(2,3)42-34(40)39-32(29-23-17-12-18-24-29)31(28-21-15-11-16-22-28)38(7)33(39)37-30(25-27-19-13-10-14-20-27)26-41-43(8,9)36(4,5)6/h10-24,30-32H,25-26H2,1-9H3/t30-,31-,32-/m0/s1. The number of carbonyl (C=O) groups is 1. The van der Waals surface area contributed by atoms with Gasteiger partial charge < -0.3 is 14.1 Å². The Labute approximate surface area is 259 Å². The van der Waals surface area contributed by atoms with Crippen LogP contribution in [0.25, 0.3) is 0 Å². The van der Waals surface area contributed by atoms with E-state index in [0.717, 1.165) is 11.1 Å². The summed E-state index contributed by atoms with van der Waals surface area (Å²) in [6.45, 7) is 17.5. The Hall–Kier alpha value is -3.42. The highest BCUT2D eigenvalue weighted by atomic mass is 28.4. The van der Waals surface area contributed by atoms with Crippen molar-refractivity contribution in [3.63, 3.8) is 0 Å². The lowest BCUT2D eigenvalue weighted by molar-refractivity contribution is 0.0319. The van der Waals surface area contributed by atoms with Gasteiger partial charge in [0.05, 0.1) is 24.7 Å². The predicted octanol–water partition coefficient (Wildman–Crippen LogP) is 8.64. The average Bonchev–Trinajstić information content (AvgIpc) is 3.23. The Morgan fingerprint density at radius 3 is 1.79 bits per heavy atom. The van der Waals surface area contributed by atoms with E-state index in [-0.39, 0.29) is 23.2 Å². The monoisotopic (exact) mass is 599 g/mol. The molecule has 0 bridgehead atoms. The zero-order chi connectivity index (χ0) is 31.4. The second-order valence-corrected chi connectivity index (χ2v) is 18.8. The Morgan fingerprint density at radius 2 is 1.30 bits per heavy atom. The molecular weight excluding hydrogens is 551 g/mol. The zero-order valence-corrected chi connectivity index (χ0v) is 28.4. The summed E-state index contributed by atoms with van der Waals surface area (Å²) < 4.78 is 12.8. The lowest BCUT2D eigenvalue weighted by atomic mass is 9.93. The molecule has 43 heavy (non-hydrogen) atoms. The molecular formula is C36H49N3O3Si. The molecule has 0 unspecified atom stereocenters. The molecule has 3 aromatic rings. The van der Waals surface area contributed by atoms with Gasteiger partial charge in [0, 0.05) is 7.05 Å². The Bertz CT molecular complexity index is 1370. The van der Waals surface area contributed by atoms with Crippen LogP contribution in [0.15, 0.2) is 96.0 Å². The topological polar surface area (TPSA) is 54.4 Å². The molecule has 0 N–H and O–H groups in total. The molecule has 1 aliphatic heterocycles. The number of ether oxygens (including phenoxy) is 1. The zero-order valence-electron chi connectivity index (χ0n) is 27.4. The van der Waals surface area contributed by atoms with Gasteiger partial charge >= 0.3 is 6.09 Å². The number of hydrogen-bond donors (Lipinski definition) is 0. The first kappa shape index (κ1) is 32.5. The maximum atomic E-state index is 14.1. The number of guanidine groups is 1. The van der Waals surface area contributed by atoms with E-state index in [0.29, 0.717) is 19.0 Å². The summed E-state index contributed by atoms with van der Waals surface area (Å²) >= 11 is 0. The molecule has 3 atom stereocenters. The van der Waals surface area contributed by atoms with Crippen LogP contribution in [-0.2, 0) is 15.6 Å². The third-order valence-corrected chi connectivity index (χ3v) is 13.0. The quantitative estimate of drug-likeness (QED) is 0.243. The molecule has 1 aliphatic rings. The van der Waals surface area contributed by atoms with Gasteiger partial charge in [0.25, 0.3) is 0 Å². The second-order valence-electron chi connectivity index (χ2n) is 14.0. The number of aliphatic imine (C=N–C) groups is 1. The van der Waals surface area contributed by atoms with Gasteiger partial charge in [-0.05, 0) is 62.0 Å². The van der Waals surface area contributed by atoms with Crippen LogP contribution in [0.5, 0.6) is 0 Å². The van der Waals surface area contributed by atoms with E-state index in [1.165, 1.54) is 5.56 Å². The molecule has 1 fully saturated rings. The van der Waals surface area contributed by atoms with Gasteiger partial charge in [-0.1, -0.05) is 112 Å². The van der Waals surface area contributed by atoms with E-state index in [2.05, 4.69) is 87.3 Å². The molecule has 0 spiro atoms. The van der Waals surface area contributed by atoms with Crippen molar-refractivity contribution in [2.75, 3.05) is 13.7 Å². The smallest absolute Gasteiger partial charge is 0.417 e. The van der Waals surface area contributed by atoms with Crippen LogP contribution in [0, 0.1) is 0 Å². The average molecular weight is 600 g/mol. The summed E-state index contributed by atoms with van der Waals surface area (Å²) in [6.07, 6.45) is 0.287. The van der Waals surface area contributed by atoms with Crippen LogP contribution in [0.4, 0.5) is 4.79 Å². The molecule has 1 heterocycles. The first-order valence-electron chi connectivity index (χ1n) is 15.3. The van der Waals surface area contributed by atoms with Crippen molar-refractivity contribution in [1.82, 2.24) is 9.80 Å². The fourth-order valence-corrected chi connectivity index (χ4v) is 6.22. The van der Waals surface area contributed by atoms with Crippen LogP contribution in [0.1, 0.15) is 70.3 Å². The van der Waals surface area contributed by atoms with Gasteiger partial charge in [0.1, 0.15) is 5.60 Å². The van der Waals surface area contributed by atoms with E-state index < -0.39 is 20.0 Å². The van der Waals surface area contributed by atoms with Crippen molar-refractivity contribution in [3.05, 3.63) is 108 Å². The van der Waals surface area contributed by atoms with E-state index in [9.17, 15) is 4.79 Å². The van der Waals surface area contributed by atoms with Crippen molar-refractivity contribution in [3.8, 4) is 0 Å². The van der Waals surface area contributed by atoms with Crippen LogP contribution in [-0.4, -0.2) is 55.5 Å². The fraction of sp³-hybridized carbons (Fsp3) is 0.444. The molecule has 3 aromatic carbocycles. The molecule has 1 amide bonds. The number of amides is 1. The lowest BCUT2D eigenvalue weighted by Gasteiger charge is -2.37. The fourth-order valence-electron chi connectivity index (χ4n) is 5.18. The molecule has 230 valence electrons. The largest absolute Gasteiger partial charge is 0.443 e. The maximum absolute atomic E-state index is 14.1. The summed E-state index contributed by atoms with van der Waals surface area (Å²) in [5.74, 6) is 0.594. The third kappa shape index (κ3) is 7.95. The van der Waals surface area contributed by atoms with Gasteiger partial charge in [0.2, 0.25) is 5.96 Å². The van der Waals surface area contributed by atoms with Crippen molar-refractivity contribution >= 4 is 20.4 Å². The number of benzene rings is 3. The van der Waals surface area contributed by atoms with Crippen molar-refractivity contribution < 1.29 is 14.0 Å². The first-order valence-corrected chi connectivity index (χ1v) is 18.2. The van der Waals surface area contributed by atoms with Crippen LogP contribution in [0.2, 0.25) is 18.1 Å². The van der Waals surface area contributed by atoms with Gasteiger partial charge in [0.15, 0.2) is 8.32 Å². The summed E-state index contributed by atoms with van der Waals surface area (Å²) in [5.41, 5.74) is 2.65. The summed E-state index contributed by atoms with van der Waals surface area (Å²) in [6, 6.07) is 30.2. The minimum absolute atomic E-state index is 0.0704.